The summed E-state index contributed by atoms with van der Waals surface area (Å²) in [6.45, 7) is 3.79. The summed E-state index contributed by atoms with van der Waals surface area (Å²) in [5, 5.41) is 3.91. The lowest BCUT2D eigenvalue weighted by molar-refractivity contribution is 0.0744. The van der Waals surface area contributed by atoms with Gasteiger partial charge in [0.15, 0.2) is 0 Å². The summed E-state index contributed by atoms with van der Waals surface area (Å²) in [6.07, 6.45) is 1.02. The molecular weight excluding hydrogens is 236 g/mol. The van der Waals surface area contributed by atoms with Crippen molar-refractivity contribution in [3.8, 4) is 0 Å². The third-order valence-electron chi connectivity index (χ3n) is 3.32. The van der Waals surface area contributed by atoms with Crippen molar-refractivity contribution in [3.63, 3.8) is 0 Å². The predicted molar refractivity (Wildman–Crippen MR) is 69.6 cm³/mol. The van der Waals surface area contributed by atoms with Gasteiger partial charge in [0.05, 0.1) is 0 Å². The maximum absolute atomic E-state index is 12.2. The fourth-order valence-corrected chi connectivity index (χ4v) is 2.25. The van der Waals surface area contributed by atoms with Crippen LogP contribution in [-0.4, -0.2) is 37.0 Å². The number of hydrogen-bond donors (Lipinski definition) is 1. The van der Waals surface area contributed by atoms with Crippen molar-refractivity contribution < 1.29 is 4.79 Å². The molecule has 0 aliphatic carbocycles. The lowest BCUT2D eigenvalue weighted by Crippen LogP contribution is -2.38. The lowest BCUT2D eigenvalue weighted by atomic mass is 10.1. The normalized spacial score (nSPS) is 19.4. The summed E-state index contributed by atoms with van der Waals surface area (Å²) in [5.41, 5.74) is 1.66. The first-order chi connectivity index (χ1) is 8.09. The molecule has 1 aromatic rings. The molecule has 3 nitrogen and oxygen atoms in total. The Bertz CT molecular complexity index is 427. The summed E-state index contributed by atoms with van der Waals surface area (Å²) >= 11 is 6.04. The standard InChI is InChI=1S/C13H17ClN2O/c1-9-3-4-10(7-12(9)14)13(17)16(2)11-5-6-15-8-11/h3-4,7,11,15H,5-6,8H2,1-2H3. The molecule has 0 aromatic heterocycles. The number of hydrogen-bond acceptors (Lipinski definition) is 2. The molecule has 4 heteroatoms. The number of likely N-dealkylation sites (N-methyl/N-ethyl adjacent to an activating group) is 1. The van der Waals surface area contributed by atoms with E-state index >= 15 is 0 Å². The Morgan fingerprint density at radius 2 is 2.29 bits per heavy atom. The molecule has 0 saturated carbocycles. The molecule has 0 spiro atoms. The summed E-state index contributed by atoms with van der Waals surface area (Å²) in [6, 6.07) is 5.76. The van der Waals surface area contributed by atoms with Gasteiger partial charge in [-0.1, -0.05) is 17.7 Å². The van der Waals surface area contributed by atoms with Crippen LogP contribution in [0, 0.1) is 6.92 Å². The first-order valence-electron chi connectivity index (χ1n) is 5.83. The van der Waals surface area contributed by atoms with Crippen molar-refractivity contribution in [3.05, 3.63) is 34.3 Å². The molecule has 0 bridgehead atoms. The van der Waals surface area contributed by atoms with E-state index in [0.717, 1.165) is 25.1 Å². The first kappa shape index (κ1) is 12.4. The largest absolute Gasteiger partial charge is 0.337 e. The van der Waals surface area contributed by atoms with Crippen LogP contribution < -0.4 is 5.32 Å². The second kappa shape index (κ2) is 5.07. The van der Waals surface area contributed by atoms with E-state index in [1.807, 2.05) is 26.1 Å². The Morgan fingerprint density at radius 3 is 2.88 bits per heavy atom. The number of carbonyl (C=O) groups is 1. The number of carbonyl (C=O) groups excluding carboxylic acids is 1. The van der Waals surface area contributed by atoms with E-state index in [-0.39, 0.29) is 5.91 Å². The summed E-state index contributed by atoms with van der Waals surface area (Å²) in [4.78, 5) is 14.0. The zero-order chi connectivity index (χ0) is 12.4. The Kier molecular flexibility index (Phi) is 3.69. The monoisotopic (exact) mass is 252 g/mol. The van der Waals surface area contributed by atoms with Crippen LogP contribution in [0.5, 0.6) is 0 Å². The van der Waals surface area contributed by atoms with Gasteiger partial charge in [-0.15, -0.1) is 0 Å². The minimum atomic E-state index is 0.0422. The van der Waals surface area contributed by atoms with Gasteiger partial charge < -0.3 is 10.2 Å². The molecule has 1 N–H and O–H groups in total. The summed E-state index contributed by atoms with van der Waals surface area (Å²) in [7, 11) is 1.85. The number of aryl methyl sites for hydroxylation is 1. The zero-order valence-corrected chi connectivity index (χ0v) is 10.9. The highest BCUT2D eigenvalue weighted by Crippen LogP contribution is 2.19. The van der Waals surface area contributed by atoms with Gasteiger partial charge in [-0.05, 0) is 37.6 Å². The number of nitrogens with one attached hydrogen (secondary N) is 1. The van der Waals surface area contributed by atoms with Crippen LogP contribution in [-0.2, 0) is 0 Å². The molecule has 17 heavy (non-hydrogen) atoms. The number of rotatable bonds is 2. The highest BCUT2D eigenvalue weighted by molar-refractivity contribution is 6.31. The minimum absolute atomic E-state index is 0.0422. The molecule has 1 amide bonds. The predicted octanol–water partition coefficient (Wildman–Crippen LogP) is 2.08. The SMILES string of the molecule is Cc1ccc(C(=O)N(C)C2CCNC2)cc1Cl. The number of halogens is 1. The summed E-state index contributed by atoms with van der Waals surface area (Å²) in [5.74, 6) is 0.0422. The van der Waals surface area contributed by atoms with Gasteiger partial charge in [0.25, 0.3) is 5.91 Å². The van der Waals surface area contributed by atoms with Crippen LogP contribution in [0.25, 0.3) is 0 Å². The quantitative estimate of drug-likeness (QED) is 0.874. The minimum Gasteiger partial charge on any atom is -0.337 e. The van der Waals surface area contributed by atoms with Gasteiger partial charge in [-0.3, -0.25) is 4.79 Å². The van der Waals surface area contributed by atoms with E-state index in [1.54, 1.807) is 11.0 Å². The van der Waals surface area contributed by atoms with Crippen molar-refractivity contribution in [1.82, 2.24) is 10.2 Å². The number of amides is 1. The molecule has 1 saturated heterocycles. The van der Waals surface area contributed by atoms with Crippen LogP contribution >= 0.6 is 11.6 Å². The Balaban J connectivity index is 2.15. The van der Waals surface area contributed by atoms with Gasteiger partial charge in [0, 0.05) is 30.2 Å². The van der Waals surface area contributed by atoms with Crippen molar-refractivity contribution in [2.24, 2.45) is 0 Å². The molecule has 2 rings (SSSR count). The Hall–Kier alpha value is -1.06. The molecule has 1 aliphatic heterocycles. The van der Waals surface area contributed by atoms with E-state index < -0.39 is 0 Å². The molecule has 1 aromatic carbocycles. The molecular formula is C13H17ClN2O. The third-order valence-corrected chi connectivity index (χ3v) is 3.73. The smallest absolute Gasteiger partial charge is 0.253 e. The van der Waals surface area contributed by atoms with Crippen LogP contribution in [0.1, 0.15) is 22.3 Å². The van der Waals surface area contributed by atoms with Crippen molar-refractivity contribution in [2.75, 3.05) is 20.1 Å². The van der Waals surface area contributed by atoms with E-state index in [4.69, 9.17) is 11.6 Å². The first-order valence-corrected chi connectivity index (χ1v) is 6.21. The molecule has 1 unspecified atom stereocenters. The molecule has 1 heterocycles. The summed E-state index contributed by atoms with van der Waals surface area (Å²) < 4.78 is 0. The number of benzene rings is 1. The van der Waals surface area contributed by atoms with Gasteiger partial charge >= 0.3 is 0 Å². The van der Waals surface area contributed by atoms with Crippen molar-refractivity contribution in [2.45, 2.75) is 19.4 Å². The van der Waals surface area contributed by atoms with Gasteiger partial charge in [-0.25, -0.2) is 0 Å². The molecule has 1 fully saturated rings. The number of nitrogens with zero attached hydrogens (tertiary/aromatic N) is 1. The maximum Gasteiger partial charge on any atom is 0.253 e. The fraction of sp³-hybridized carbons (Fsp3) is 0.462. The van der Waals surface area contributed by atoms with Gasteiger partial charge in [0.1, 0.15) is 0 Å². The second-order valence-corrected chi connectivity index (χ2v) is 4.93. The maximum atomic E-state index is 12.2. The van der Waals surface area contributed by atoms with Crippen molar-refractivity contribution in [1.29, 1.82) is 0 Å². The lowest BCUT2D eigenvalue weighted by Gasteiger charge is -2.24. The zero-order valence-electron chi connectivity index (χ0n) is 10.2. The molecule has 1 atom stereocenters. The average Bonchev–Trinajstić information content (AvgIpc) is 2.84. The van der Waals surface area contributed by atoms with E-state index in [0.29, 0.717) is 16.6 Å². The molecule has 1 aliphatic rings. The Labute approximate surface area is 107 Å². The van der Waals surface area contributed by atoms with Gasteiger partial charge in [-0.2, -0.15) is 0 Å². The Morgan fingerprint density at radius 1 is 1.53 bits per heavy atom. The van der Waals surface area contributed by atoms with E-state index in [2.05, 4.69) is 5.32 Å². The molecule has 0 radical (unpaired) electrons. The third kappa shape index (κ3) is 2.61. The van der Waals surface area contributed by atoms with Crippen LogP contribution in [0.4, 0.5) is 0 Å². The van der Waals surface area contributed by atoms with Crippen LogP contribution in [0.2, 0.25) is 5.02 Å². The topological polar surface area (TPSA) is 32.3 Å². The van der Waals surface area contributed by atoms with Gasteiger partial charge in [0.2, 0.25) is 0 Å². The highest BCUT2D eigenvalue weighted by atomic mass is 35.5. The second-order valence-electron chi connectivity index (χ2n) is 4.53. The highest BCUT2D eigenvalue weighted by Gasteiger charge is 2.24. The van der Waals surface area contributed by atoms with E-state index in [1.165, 1.54) is 0 Å². The van der Waals surface area contributed by atoms with Crippen molar-refractivity contribution >= 4 is 17.5 Å². The van der Waals surface area contributed by atoms with E-state index in [9.17, 15) is 4.79 Å². The van der Waals surface area contributed by atoms with Crippen LogP contribution in [0.15, 0.2) is 18.2 Å². The molecule has 92 valence electrons. The average molecular weight is 253 g/mol. The fourth-order valence-electron chi connectivity index (χ4n) is 2.07. The van der Waals surface area contributed by atoms with Crippen LogP contribution in [0.3, 0.4) is 0 Å².